The van der Waals surface area contributed by atoms with Gasteiger partial charge in [0, 0.05) is 5.56 Å². The first-order chi connectivity index (χ1) is 8.53. The van der Waals surface area contributed by atoms with Crippen LogP contribution in [0.1, 0.15) is 63.0 Å². The Morgan fingerprint density at radius 2 is 1.63 bits per heavy atom. The van der Waals surface area contributed by atoms with Gasteiger partial charge < -0.3 is 0 Å². The maximum Gasteiger partial charge on any atom is 0.160 e. The Kier molecular flexibility index (Phi) is 4.54. The second-order valence-electron chi connectivity index (χ2n) is 6.38. The lowest BCUT2D eigenvalue weighted by molar-refractivity contribution is -0.401. The van der Waals surface area contributed by atoms with Crippen LogP contribution in [0, 0.1) is 6.92 Å². The first kappa shape index (κ1) is 15.9. The molecule has 0 spiro atoms. The molecule has 0 aliphatic rings. The van der Waals surface area contributed by atoms with Crippen molar-refractivity contribution in [3.05, 3.63) is 34.9 Å². The third-order valence-electron chi connectivity index (χ3n) is 2.81. The first-order valence-corrected chi connectivity index (χ1v) is 6.52. The quantitative estimate of drug-likeness (QED) is 0.465. The van der Waals surface area contributed by atoms with Crippen molar-refractivity contribution in [1.82, 2.24) is 0 Å². The summed E-state index contributed by atoms with van der Waals surface area (Å²) in [6.07, 6.45) is 0. The number of Topliss-reactive ketones (excluding diaryl/α,β-unsaturated/α-hetero) is 1. The molecule has 19 heavy (non-hydrogen) atoms. The third kappa shape index (κ3) is 4.44. The van der Waals surface area contributed by atoms with Crippen molar-refractivity contribution >= 4 is 5.78 Å². The van der Waals surface area contributed by atoms with Gasteiger partial charge in [0.15, 0.2) is 5.78 Å². The van der Waals surface area contributed by atoms with E-state index in [-0.39, 0.29) is 11.4 Å². The van der Waals surface area contributed by atoms with Crippen LogP contribution in [-0.2, 0) is 15.4 Å². The van der Waals surface area contributed by atoms with Crippen molar-refractivity contribution in [1.29, 1.82) is 0 Å². The van der Waals surface area contributed by atoms with Crippen LogP contribution < -0.4 is 0 Å². The highest BCUT2D eigenvalue weighted by Gasteiger charge is 2.26. The van der Waals surface area contributed by atoms with E-state index in [4.69, 9.17) is 9.78 Å². The van der Waals surface area contributed by atoms with Crippen LogP contribution >= 0.6 is 0 Å². The van der Waals surface area contributed by atoms with Gasteiger partial charge in [-0.2, -0.15) is 0 Å². The molecule has 1 rings (SSSR count). The highest BCUT2D eigenvalue weighted by molar-refractivity contribution is 5.95. The smallest absolute Gasteiger partial charge is 0.160 e. The van der Waals surface area contributed by atoms with Gasteiger partial charge in [-0.25, -0.2) is 9.78 Å². The van der Waals surface area contributed by atoms with Gasteiger partial charge in [0.1, 0.15) is 5.60 Å². The van der Waals surface area contributed by atoms with Crippen LogP contribution in [0.15, 0.2) is 18.2 Å². The number of ketones is 1. The number of aryl methyl sites for hydroxylation is 1. The number of hydrogen-bond acceptors (Lipinski definition) is 3. The Morgan fingerprint density at radius 3 is 2.11 bits per heavy atom. The molecule has 0 bridgehead atoms. The molecule has 0 saturated heterocycles. The number of hydrogen-bond donors (Lipinski definition) is 0. The summed E-state index contributed by atoms with van der Waals surface area (Å²) in [4.78, 5) is 22.5. The summed E-state index contributed by atoms with van der Waals surface area (Å²) in [6, 6.07) is 5.78. The topological polar surface area (TPSA) is 35.5 Å². The highest BCUT2D eigenvalue weighted by atomic mass is 17.2. The zero-order valence-corrected chi connectivity index (χ0v) is 13.0. The molecule has 0 aromatic heterocycles. The Morgan fingerprint density at radius 1 is 1.05 bits per heavy atom. The molecule has 1 aromatic rings. The van der Waals surface area contributed by atoms with Gasteiger partial charge in [-0.15, -0.1) is 0 Å². The molecular weight excluding hydrogens is 240 g/mol. The number of benzene rings is 1. The van der Waals surface area contributed by atoms with E-state index in [1.54, 1.807) is 6.92 Å². The van der Waals surface area contributed by atoms with Crippen LogP contribution in [0.2, 0.25) is 0 Å². The number of carbonyl (C=O) groups excluding carboxylic acids is 1. The molecule has 0 atom stereocenters. The summed E-state index contributed by atoms with van der Waals surface area (Å²) in [5, 5.41) is 0. The largest absolute Gasteiger partial charge is 0.295 e. The first-order valence-electron chi connectivity index (χ1n) is 6.52. The van der Waals surface area contributed by atoms with Crippen molar-refractivity contribution in [2.45, 2.75) is 59.7 Å². The minimum absolute atomic E-state index is 0.0619. The standard InChI is InChI=1S/C16H24O3/c1-11-8-9-13(10-14(11)12(2)17)16(6,7)19-18-15(3,4)5/h8-10H,1-7H3. The molecule has 3 heteroatoms. The predicted molar refractivity (Wildman–Crippen MR) is 76.1 cm³/mol. The van der Waals surface area contributed by atoms with E-state index in [1.807, 2.05) is 59.7 Å². The summed E-state index contributed by atoms with van der Waals surface area (Å²) in [5.74, 6) is 0.0619. The monoisotopic (exact) mass is 264 g/mol. The van der Waals surface area contributed by atoms with E-state index < -0.39 is 5.60 Å². The van der Waals surface area contributed by atoms with Gasteiger partial charge in [-0.1, -0.05) is 12.1 Å². The van der Waals surface area contributed by atoms with Gasteiger partial charge in [-0.3, -0.25) is 4.79 Å². The fourth-order valence-corrected chi connectivity index (χ4v) is 1.65. The third-order valence-corrected chi connectivity index (χ3v) is 2.81. The summed E-state index contributed by atoms with van der Waals surface area (Å²) >= 11 is 0. The fraction of sp³-hybridized carbons (Fsp3) is 0.562. The molecule has 1 aromatic carbocycles. The molecule has 0 aliphatic heterocycles. The van der Waals surface area contributed by atoms with Crippen molar-refractivity contribution in [2.75, 3.05) is 0 Å². The minimum atomic E-state index is -0.606. The van der Waals surface area contributed by atoms with Crippen molar-refractivity contribution < 1.29 is 14.6 Å². The lowest BCUT2D eigenvalue weighted by Crippen LogP contribution is -2.29. The average molecular weight is 264 g/mol. The van der Waals surface area contributed by atoms with Crippen LogP contribution in [-0.4, -0.2) is 11.4 Å². The molecular formula is C16H24O3. The molecule has 3 nitrogen and oxygen atoms in total. The Labute approximate surface area is 115 Å². The second kappa shape index (κ2) is 5.43. The average Bonchev–Trinajstić information content (AvgIpc) is 2.25. The van der Waals surface area contributed by atoms with Gasteiger partial charge in [0.2, 0.25) is 0 Å². The van der Waals surface area contributed by atoms with E-state index in [0.29, 0.717) is 0 Å². The SMILES string of the molecule is CC(=O)c1cc(C(C)(C)OOC(C)(C)C)ccc1C. The Bertz CT molecular complexity index is 467. The molecule has 0 aliphatic carbocycles. The molecule has 0 saturated carbocycles. The maximum absolute atomic E-state index is 11.6. The molecule has 106 valence electrons. The maximum atomic E-state index is 11.6. The van der Waals surface area contributed by atoms with Crippen molar-refractivity contribution in [3.63, 3.8) is 0 Å². The molecule has 0 fully saturated rings. The van der Waals surface area contributed by atoms with E-state index in [2.05, 4.69) is 0 Å². The van der Waals surface area contributed by atoms with Gasteiger partial charge in [0.05, 0.1) is 5.60 Å². The summed E-state index contributed by atoms with van der Waals surface area (Å²) < 4.78 is 0. The predicted octanol–water partition coefficient (Wildman–Crippen LogP) is 4.18. The summed E-state index contributed by atoms with van der Waals surface area (Å²) in [5.41, 5.74) is 1.65. The van der Waals surface area contributed by atoms with Gasteiger partial charge in [0.25, 0.3) is 0 Å². The number of rotatable bonds is 4. The lowest BCUT2D eigenvalue weighted by atomic mass is 9.93. The van der Waals surface area contributed by atoms with Crippen LogP contribution in [0.25, 0.3) is 0 Å². The van der Waals surface area contributed by atoms with Gasteiger partial charge in [-0.05, 0) is 65.7 Å². The minimum Gasteiger partial charge on any atom is -0.295 e. The van der Waals surface area contributed by atoms with E-state index >= 15 is 0 Å². The zero-order valence-electron chi connectivity index (χ0n) is 13.0. The molecule has 0 unspecified atom stereocenters. The normalized spacial score (nSPS) is 12.6. The van der Waals surface area contributed by atoms with Gasteiger partial charge >= 0.3 is 0 Å². The van der Waals surface area contributed by atoms with Crippen LogP contribution in [0.4, 0.5) is 0 Å². The van der Waals surface area contributed by atoms with E-state index in [1.165, 1.54) is 0 Å². The Balaban J connectivity index is 3.01. The summed E-state index contributed by atoms with van der Waals surface area (Å²) in [7, 11) is 0. The Hall–Kier alpha value is -1.19. The van der Waals surface area contributed by atoms with Crippen LogP contribution in [0.5, 0.6) is 0 Å². The highest BCUT2D eigenvalue weighted by Crippen LogP contribution is 2.28. The van der Waals surface area contributed by atoms with E-state index in [9.17, 15) is 4.79 Å². The fourth-order valence-electron chi connectivity index (χ4n) is 1.65. The molecule has 0 N–H and O–H groups in total. The second-order valence-corrected chi connectivity index (χ2v) is 6.38. The van der Waals surface area contributed by atoms with Crippen LogP contribution in [0.3, 0.4) is 0 Å². The lowest BCUT2D eigenvalue weighted by Gasteiger charge is -2.29. The molecule has 0 amide bonds. The zero-order chi connectivity index (χ0) is 14.8. The van der Waals surface area contributed by atoms with E-state index in [0.717, 1.165) is 16.7 Å². The summed E-state index contributed by atoms with van der Waals surface area (Å²) in [6.45, 7) is 13.1. The molecule has 0 radical (unpaired) electrons. The number of carbonyl (C=O) groups is 1. The van der Waals surface area contributed by atoms with Crippen molar-refractivity contribution in [2.24, 2.45) is 0 Å². The van der Waals surface area contributed by atoms with Crippen molar-refractivity contribution in [3.8, 4) is 0 Å². The molecule has 0 heterocycles.